The van der Waals surface area contributed by atoms with Gasteiger partial charge in [-0.3, -0.25) is 9.59 Å². The molecule has 1 heterocycles. The first-order valence-electron chi connectivity index (χ1n) is 7.24. The number of amides is 2. The lowest BCUT2D eigenvalue weighted by Crippen LogP contribution is -2.41. The van der Waals surface area contributed by atoms with Gasteiger partial charge in [-0.15, -0.1) is 0 Å². The molecule has 7 heteroatoms. The number of nitrogens with zero attached hydrogens (tertiary/aromatic N) is 3. The molecule has 2 rings (SSSR count). The summed E-state index contributed by atoms with van der Waals surface area (Å²) >= 11 is 0. The summed E-state index contributed by atoms with van der Waals surface area (Å²) in [6, 6.07) is 10.1. The number of anilines is 1. The van der Waals surface area contributed by atoms with Crippen LogP contribution in [0.2, 0.25) is 0 Å². The van der Waals surface area contributed by atoms with Gasteiger partial charge in [-0.2, -0.15) is 5.10 Å². The first-order chi connectivity index (χ1) is 10.9. The van der Waals surface area contributed by atoms with Crippen molar-refractivity contribution in [2.75, 3.05) is 19.8 Å². The minimum atomic E-state index is -0.739. The number of carbonyl (C=O) groups excluding carboxylic acids is 2. The van der Waals surface area contributed by atoms with Gasteiger partial charge < -0.3 is 16.0 Å². The summed E-state index contributed by atoms with van der Waals surface area (Å²) in [5.74, 6) is -0.120. The molecule has 1 aromatic carbocycles. The Morgan fingerprint density at radius 3 is 2.48 bits per heavy atom. The zero-order valence-electron chi connectivity index (χ0n) is 13.5. The molecule has 0 aliphatic carbocycles. The maximum absolute atomic E-state index is 12.4. The van der Waals surface area contributed by atoms with E-state index < -0.39 is 6.04 Å². The molecule has 122 valence electrons. The van der Waals surface area contributed by atoms with E-state index in [2.05, 4.69) is 10.4 Å². The van der Waals surface area contributed by atoms with Crippen LogP contribution in [0.4, 0.5) is 5.82 Å². The van der Waals surface area contributed by atoms with Crippen LogP contribution in [0, 0.1) is 6.92 Å². The average molecular weight is 315 g/mol. The van der Waals surface area contributed by atoms with E-state index in [9.17, 15) is 9.59 Å². The zero-order chi connectivity index (χ0) is 17.0. The second-order valence-corrected chi connectivity index (χ2v) is 5.51. The van der Waals surface area contributed by atoms with E-state index >= 15 is 0 Å². The summed E-state index contributed by atoms with van der Waals surface area (Å²) in [6.45, 7) is 1.76. The average Bonchev–Trinajstić information content (AvgIpc) is 2.82. The van der Waals surface area contributed by atoms with Crippen LogP contribution in [0.1, 0.15) is 17.3 Å². The summed E-state index contributed by atoms with van der Waals surface area (Å²) in [4.78, 5) is 26.1. The first-order valence-corrected chi connectivity index (χ1v) is 7.24. The van der Waals surface area contributed by atoms with Gasteiger partial charge in [0.1, 0.15) is 18.4 Å². The Kier molecular flexibility index (Phi) is 5.00. The number of hydrogen-bond donors (Lipinski definition) is 2. The topological polar surface area (TPSA) is 93.2 Å². The van der Waals surface area contributed by atoms with E-state index in [1.165, 1.54) is 9.58 Å². The number of hydrogen-bond acceptors (Lipinski definition) is 4. The Morgan fingerprint density at radius 2 is 1.96 bits per heavy atom. The highest BCUT2D eigenvalue weighted by Gasteiger charge is 2.24. The summed E-state index contributed by atoms with van der Waals surface area (Å²) < 4.78 is 1.41. The van der Waals surface area contributed by atoms with Crippen molar-refractivity contribution in [2.24, 2.45) is 0 Å². The fourth-order valence-corrected chi connectivity index (χ4v) is 2.23. The molecule has 7 nitrogen and oxygen atoms in total. The van der Waals surface area contributed by atoms with Gasteiger partial charge in [0.05, 0.1) is 5.69 Å². The molecular weight excluding hydrogens is 294 g/mol. The Labute approximate surface area is 135 Å². The Bertz CT molecular complexity index is 694. The van der Waals surface area contributed by atoms with Crippen LogP contribution in [-0.2, 0) is 16.1 Å². The zero-order valence-corrected chi connectivity index (χ0v) is 13.5. The van der Waals surface area contributed by atoms with E-state index in [-0.39, 0.29) is 18.4 Å². The summed E-state index contributed by atoms with van der Waals surface area (Å²) in [6.07, 6.45) is 0. The number of aromatic nitrogens is 2. The molecule has 1 unspecified atom stereocenters. The standard InChI is InChI=1S/C16H21N5O2/c1-11-9-13(17)21(19-11)10-14(22)18-15(16(23)20(2)3)12-7-5-4-6-8-12/h4-9,15H,10,17H2,1-3H3,(H,18,22). The quantitative estimate of drug-likeness (QED) is 0.850. The third-order valence-corrected chi connectivity index (χ3v) is 3.35. The third kappa shape index (κ3) is 4.09. The molecule has 0 aliphatic heterocycles. The van der Waals surface area contributed by atoms with Gasteiger partial charge in [-0.25, -0.2) is 4.68 Å². The van der Waals surface area contributed by atoms with Gasteiger partial charge >= 0.3 is 0 Å². The van der Waals surface area contributed by atoms with Crippen LogP contribution in [0.25, 0.3) is 0 Å². The number of nitrogen functional groups attached to an aromatic ring is 1. The monoisotopic (exact) mass is 315 g/mol. The van der Waals surface area contributed by atoms with Gasteiger partial charge in [0.15, 0.2) is 0 Å². The molecule has 0 radical (unpaired) electrons. The number of nitrogens with two attached hydrogens (primary N) is 1. The predicted molar refractivity (Wildman–Crippen MR) is 87.4 cm³/mol. The van der Waals surface area contributed by atoms with Gasteiger partial charge in [0.2, 0.25) is 11.8 Å². The van der Waals surface area contributed by atoms with Gasteiger partial charge in [0, 0.05) is 20.2 Å². The van der Waals surface area contributed by atoms with E-state index in [1.807, 2.05) is 18.2 Å². The number of aryl methyl sites for hydroxylation is 1. The fourth-order valence-electron chi connectivity index (χ4n) is 2.23. The van der Waals surface area contributed by atoms with Crippen LogP contribution >= 0.6 is 0 Å². The van der Waals surface area contributed by atoms with Crippen molar-refractivity contribution in [3.8, 4) is 0 Å². The minimum Gasteiger partial charge on any atom is -0.384 e. The third-order valence-electron chi connectivity index (χ3n) is 3.35. The largest absolute Gasteiger partial charge is 0.384 e. The molecule has 0 saturated carbocycles. The van der Waals surface area contributed by atoms with Crippen LogP contribution < -0.4 is 11.1 Å². The number of carbonyl (C=O) groups is 2. The summed E-state index contributed by atoms with van der Waals surface area (Å²) in [5.41, 5.74) is 7.25. The van der Waals surface area contributed by atoms with Crippen molar-refractivity contribution in [1.29, 1.82) is 0 Å². The molecule has 1 atom stereocenters. The van der Waals surface area contributed by atoms with Crippen molar-refractivity contribution < 1.29 is 9.59 Å². The lowest BCUT2D eigenvalue weighted by atomic mass is 10.1. The number of nitrogens with one attached hydrogen (secondary N) is 1. The molecule has 0 spiro atoms. The fraction of sp³-hybridized carbons (Fsp3) is 0.312. The van der Waals surface area contributed by atoms with Gasteiger partial charge in [0.25, 0.3) is 0 Å². The second-order valence-electron chi connectivity index (χ2n) is 5.51. The smallest absolute Gasteiger partial charge is 0.249 e. The lowest BCUT2D eigenvalue weighted by molar-refractivity contribution is -0.134. The Morgan fingerprint density at radius 1 is 1.30 bits per heavy atom. The van der Waals surface area contributed by atoms with Gasteiger partial charge in [-0.1, -0.05) is 30.3 Å². The van der Waals surface area contributed by atoms with Crippen molar-refractivity contribution in [3.63, 3.8) is 0 Å². The van der Waals surface area contributed by atoms with Crippen molar-refractivity contribution in [2.45, 2.75) is 19.5 Å². The molecule has 2 amide bonds. The first kappa shape index (κ1) is 16.5. The van der Waals surface area contributed by atoms with E-state index in [0.717, 1.165) is 11.3 Å². The SMILES string of the molecule is Cc1cc(N)n(CC(=O)NC(C(=O)N(C)C)c2ccccc2)n1. The second kappa shape index (κ2) is 6.95. The number of benzene rings is 1. The van der Waals surface area contributed by atoms with E-state index in [1.54, 1.807) is 39.2 Å². The highest BCUT2D eigenvalue weighted by molar-refractivity contribution is 5.88. The number of likely N-dealkylation sites (N-methyl/N-ethyl adjacent to an activating group) is 1. The lowest BCUT2D eigenvalue weighted by Gasteiger charge is -2.22. The maximum Gasteiger partial charge on any atom is 0.249 e. The molecule has 0 fully saturated rings. The van der Waals surface area contributed by atoms with Crippen molar-refractivity contribution >= 4 is 17.6 Å². The van der Waals surface area contributed by atoms with Crippen molar-refractivity contribution in [1.82, 2.24) is 20.0 Å². The minimum absolute atomic E-state index is 0.0380. The van der Waals surface area contributed by atoms with E-state index in [0.29, 0.717) is 5.82 Å². The maximum atomic E-state index is 12.4. The molecular formula is C16H21N5O2. The summed E-state index contributed by atoms with van der Waals surface area (Å²) in [5, 5.41) is 6.90. The molecule has 0 aliphatic rings. The van der Waals surface area contributed by atoms with Crippen LogP contribution in [0.5, 0.6) is 0 Å². The molecule has 3 N–H and O–H groups in total. The Balaban J connectivity index is 2.16. The molecule has 23 heavy (non-hydrogen) atoms. The number of rotatable bonds is 5. The summed E-state index contributed by atoms with van der Waals surface area (Å²) in [7, 11) is 3.30. The molecule has 0 saturated heterocycles. The molecule has 1 aromatic heterocycles. The van der Waals surface area contributed by atoms with Crippen LogP contribution in [0.15, 0.2) is 36.4 Å². The Hall–Kier alpha value is -2.83. The van der Waals surface area contributed by atoms with E-state index in [4.69, 9.17) is 5.73 Å². The highest BCUT2D eigenvalue weighted by atomic mass is 16.2. The molecule has 2 aromatic rings. The van der Waals surface area contributed by atoms with Crippen LogP contribution in [0.3, 0.4) is 0 Å². The predicted octanol–water partition coefficient (Wildman–Crippen LogP) is 0.719. The van der Waals surface area contributed by atoms with Crippen LogP contribution in [-0.4, -0.2) is 40.6 Å². The van der Waals surface area contributed by atoms with Crippen molar-refractivity contribution in [3.05, 3.63) is 47.7 Å². The van der Waals surface area contributed by atoms with Gasteiger partial charge in [-0.05, 0) is 12.5 Å². The molecule has 0 bridgehead atoms. The normalized spacial score (nSPS) is 11.8. The highest BCUT2D eigenvalue weighted by Crippen LogP contribution is 2.15.